The van der Waals surface area contributed by atoms with Crippen molar-refractivity contribution in [3.63, 3.8) is 0 Å². The lowest BCUT2D eigenvalue weighted by molar-refractivity contribution is 0.268. The Morgan fingerprint density at radius 1 is 1.43 bits per heavy atom. The van der Waals surface area contributed by atoms with Crippen molar-refractivity contribution >= 4 is 15.9 Å². The minimum Gasteiger partial charge on any atom is -0.504 e. The van der Waals surface area contributed by atoms with Crippen LogP contribution in [0.4, 0.5) is 4.39 Å². The van der Waals surface area contributed by atoms with E-state index in [1.807, 2.05) is 0 Å². The molecule has 5 heteroatoms. The van der Waals surface area contributed by atoms with Gasteiger partial charge in [0.15, 0.2) is 17.3 Å². The third-order valence-corrected chi connectivity index (χ3v) is 2.64. The summed E-state index contributed by atoms with van der Waals surface area (Å²) < 4.78 is 13.2. The SMILES string of the molecule is CC(CO)c1c(Br)cc(F)c(O)c1O. The highest BCUT2D eigenvalue weighted by Gasteiger charge is 2.19. The first-order chi connectivity index (χ1) is 6.49. The van der Waals surface area contributed by atoms with Gasteiger partial charge in [0.25, 0.3) is 0 Å². The van der Waals surface area contributed by atoms with Crippen LogP contribution in [0.25, 0.3) is 0 Å². The van der Waals surface area contributed by atoms with Crippen molar-refractivity contribution in [2.24, 2.45) is 0 Å². The van der Waals surface area contributed by atoms with Gasteiger partial charge in [-0.25, -0.2) is 4.39 Å². The molecule has 78 valence electrons. The van der Waals surface area contributed by atoms with E-state index in [1.54, 1.807) is 6.92 Å². The van der Waals surface area contributed by atoms with Crippen LogP contribution in [-0.2, 0) is 0 Å². The zero-order valence-electron chi connectivity index (χ0n) is 7.46. The van der Waals surface area contributed by atoms with Gasteiger partial charge < -0.3 is 15.3 Å². The lowest BCUT2D eigenvalue weighted by Crippen LogP contribution is -2.01. The highest BCUT2D eigenvalue weighted by atomic mass is 79.9. The molecule has 1 aromatic rings. The van der Waals surface area contributed by atoms with E-state index in [0.717, 1.165) is 6.07 Å². The van der Waals surface area contributed by atoms with Crippen LogP contribution in [0.15, 0.2) is 10.5 Å². The summed E-state index contributed by atoms with van der Waals surface area (Å²) in [6.07, 6.45) is 0. The van der Waals surface area contributed by atoms with E-state index in [0.29, 0.717) is 10.0 Å². The number of phenols is 2. The van der Waals surface area contributed by atoms with Gasteiger partial charge in [-0.1, -0.05) is 22.9 Å². The molecule has 1 aromatic carbocycles. The number of rotatable bonds is 2. The summed E-state index contributed by atoms with van der Waals surface area (Å²) in [5, 5.41) is 27.4. The summed E-state index contributed by atoms with van der Waals surface area (Å²) in [4.78, 5) is 0. The van der Waals surface area contributed by atoms with Crippen molar-refractivity contribution < 1.29 is 19.7 Å². The van der Waals surface area contributed by atoms with Crippen molar-refractivity contribution in [1.82, 2.24) is 0 Å². The van der Waals surface area contributed by atoms with E-state index in [1.165, 1.54) is 0 Å². The van der Waals surface area contributed by atoms with E-state index in [9.17, 15) is 9.50 Å². The number of aromatic hydroxyl groups is 2. The maximum atomic E-state index is 12.9. The minimum atomic E-state index is -0.900. The standard InChI is InChI=1S/C9H10BrFO3/c1-4(3-12)7-5(10)2-6(11)8(13)9(7)14/h2,4,12-14H,3H2,1H3. The van der Waals surface area contributed by atoms with Gasteiger partial charge >= 0.3 is 0 Å². The van der Waals surface area contributed by atoms with Crippen LogP contribution in [0, 0.1) is 5.82 Å². The van der Waals surface area contributed by atoms with Crippen molar-refractivity contribution in [2.45, 2.75) is 12.8 Å². The Labute approximate surface area is 88.9 Å². The lowest BCUT2D eigenvalue weighted by atomic mass is 10.0. The van der Waals surface area contributed by atoms with Crippen LogP contribution in [0.5, 0.6) is 11.5 Å². The van der Waals surface area contributed by atoms with Crippen LogP contribution < -0.4 is 0 Å². The number of halogens is 2. The molecule has 0 saturated heterocycles. The fourth-order valence-corrected chi connectivity index (χ4v) is 1.95. The van der Waals surface area contributed by atoms with Crippen LogP contribution in [0.2, 0.25) is 0 Å². The molecule has 0 heterocycles. The van der Waals surface area contributed by atoms with Crippen molar-refractivity contribution in [3.05, 3.63) is 21.9 Å². The van der Waals surface area contributed by atoms with Gasteiger partial charge in [0.1, 0.15) is 0 Å². The van der Waals surface area contributed by atoms with E-state index in [2.05, 4.69) is 15.9 Å². The second-order valence-electron chi connectivity index (χ2n) is 3.03. The van der Waals surface area contributed by atoms with E-state index in [-0.39, 0.29) is 12.5 Å². The maximum Gasteiger partial charge on any atom is 0.194 e. The third-order valence-electron chi connectivity index (χ3n) is 1.98. The monoisotopic (exact) mass is 264 g/mol. The number of hydrogen-bond donors (Lipinski definition) is 3. The molecule has 0 radical (unpaired) electrons. The smallest absolute Gasteiger partial charge is 0.194 e. The molecular formula is C9H10BrFO3. The highest BCUT2D eigenvalue weighted by Crippen LogP contribution is 2.40. The van der Waals surface area contributed by atoms with Gasteiger partial charge in [0, 0.05) is 22.6 Å². The quantitative estimate of drug-likeness (QED) is 0.717. The van der Waals surface area contributed by atoms with Crippen LogP contribution in [0.1, 0.15) is 18.4 Å². The number of hydrogen-bond acceptors (Lipinski definition) is 3. The number of benzene rings is 1. The normalized spacial score (nSPS) is 12.9. The van der Waals surface area contributed by atoms with E-state index < -0.39 is 17.3 Å². The molecule has 1 rings (SSSR count). The topological polar surface area (TPSA) is 60.7 Å². The lowest BCUT2D eigenvalue weighted by Gasteiger charge is -2.14. The Balaban J connectivity index is 3.36. The second-order valence-corrected chi connectivity index (χ2v) is 3.89. The maximum absolute atomic E-state index is 12.9. The first-order valence-electron chi connectivity index (χ1n) is 3.99. The Kier molecular flexibility index (Phi) is 3.34. The average molecular weight is 265 g/mol. The van der Waals surface area contributed by atoms with Crippen molar-refractivity contribution in [1.29, 1.82) is 0 Å². The summed E-state index contributed by atoms with van der Waals surface area (Å²) >= 11 is 3.05. The molecule has 3 nitrogen and oxygen atoms in total. The zero-order chi connectivity index (χ0) is 10.9. The summed E-state index contributed by atoms with van der Waals surface area (Å²) in [5.41, 5.74) is 0.298. The molecule has 0 aliphatic rings. The minimum absolute atomic E-state index is 0.197. The Bertz CT molecular complexity index is 354. The molecule has 3 N–H and O–H groups in total. The van der Waals surface area contributed by atoms with Gasteiger partial charge in [0.2, 0.25) is 0 Å². The van der Waals surface area contributed by atoms with Crippen LogP contribution >= 0.6 is 15.9 Å². The van der Waals surface area contributed by atoms with E-state index >= 15 is 0 Å². The van der Waals surface area contributed by atoms with Gasteiger partial charge in [-0.15, -0.1) is 0 Å². The second kappa shape index (κ2) is 4.14. The molecule has 0 aliphatic heterocycles. The van der Waals surface area contributed by atoms with E-state index in [4.69, 9.17) is 10.2 Å². The molecule has 0 saturated carbocycles. The van der Waals surface area contributed by atoms with Crippen LogP contribution in [0.3, 0.4) is 0 Å². The molecule has 0 aromatic heterocycles. The fourth-order valence-electron chi connectivity index (χ4n) is 1.17. The number of aliphatic hydroxyl groups excluding tert-OH is 1. The predicted molar refractivity (Wildman–Crippen MR) is 52.9 cm³/mol. The number of phenolic OH excluding ortho intramolecular Hbond substituents is 2. The average Bonchev–Trinajstić information content (AvgIpc) is 2.14. The molecule has 0 amide bonds. The first-order valence-corrected chi connectivity index (χ1v) is 4.79. The van der Waals surface area contributed by atoms with Gasteiger partial charge in [-0.2, -0.15) is 0 Å². The molecular weight excluding hydrogens is 255 g/mol. The van der Waals surface area contributed by atoms with Crippen LogP contribution in [-0.4, -0.2) is 21.9 Å². The summed E-state index contributed by atoms with van der Waals surface area (Å²) in [7, 11) is 0. The summed E-state index contributed by atoms with van der Waals surface area (Å²) in [6.45, 7) is 1.45. The molecule has 1 atom stereocenters. The van der Waals surface area contributed by atoms with Crippen molar-refractivity contribution in [3.8, 4) is 11.5 Å². The van der Waals surface area contributed by atoms with Gasteiger partial charge in [-0.05, 0) is 6.07 Å². The fraction of sp³-hybridized carbons (Fsp3) is 0.333. The molecule has 0 fully saturated rings. The highest BCUT2D eigenvalue weighted by molar-refractivity contribution is 9.10. The van der Waals surface area contributed by atoms with Crippen molar-refractivity contribution in [2.75, 3.05) is 6.61 Å². The predicted octanol–water partition coefficient (Wildman–Crippen LogP) is 2.10. The number of aliphatic hydroxyl groups is 1. The van der Waals surface area contributed by atoms with Gasteiger partial charge in [-0.3, -0.25) is 0 Å². The summed E-state index contributed by atoms with van der Waals surface area (Å²) in [6, 6.07) is 1.05. The molecule has 0 spiro atoms. The Morgan fingerprint density at radius 3 is 2.50 bits per heavy atom. The molecule has 0 bridgehead atoms. The van der Waals surface area contributed by atoms with Gasteiger partial charge in [0.05, 0.1) is 0 Å². The largest absolute Gasteiger partial charge is 0.504 e. The zero-order valence-corrected chi connectivity index (χ0v) is 9.05. The third kappa shape index (κ3) is 1.83. The Morgan fingerprint density at radius 2 is 2.00 bits per heavy atom. The Hall–Kier alpha value is -0.810. The molecule has 0 aliphatic carbocycles. The first kappa shape index (κ1) is 11.3. The molecule has 14 heavy (non-hydrogen) atoms. The molecule has 1 unspecified atom stereocenters. The summed E-state index contributed by atoms with van der Waals surface area (Å²) in [5.74, 6) is -2.60.